The summed E-state index contributed by atoms with van der Waals surface area (Å²) in [5.41, 5.74) is 2.38. The molecule has 0 fully saturated rings. The molecule has 1 rings (SSSR count). The molecule has 0 unspecified atom stereocenters. The second kappa shape index (κ2) is 7.84. The maximum absolute atomic E-state index is 11.6. The Morgan fingerprint density at radius 3 is 2.53 bits per heavy atom. The Labute approximate surface area is 118 Å². The monoisotopic (exact) mass is 280 g/mol. The largest absolute Gasteiger partial charge is 0.355 e. The van der Waals surface area contributed by atoms with Crippen LogP contribution < -0.4 is 10.6 Å². The van der Waals surface area contributed by atoms with Crippen molar-refractivity contribution >= 4 is 23.6 Å². The topological polar surface area (TPSA) is 58.2 Å². The molecule has 0 aromatic heterocycles. The summed E-state index contributed by atoms with van der Waals surface area (Å²) in [4.78, 5) is 23.9. The Morgan fingerprint density at radius 1 is 1.16 bits per heavy atom. The van der Waals surface area contributed by atoms with E-state index in [9.17, 15) is 9.59 Å². The van der Waals surface area contributed by atoms with Crippen LogP contribution in [0.4, 0.5) is 0 Å². The van der Waals surface area contributed by atoms with E-state index in [1.807, 2.05) is 32.9 Å². The fraction of sp³-hybridized carbons (Fsp3) is 0.429. The van der Waals surface area contributed by atoms with Gasteiger partial charge >= 0.3 is 0 Å². The van der Waals surface area contributed by atoms with Gasteiger partial charge in [0.05, 0.1) is 12.3 Å². The van der Waals surface area contributed by atoms with E-state index in [2.05, 4.69) is 16.7 Å². The van der Waals surface area contributed by atoms with Gasteiger partial charge < -0.3 is 10.6 Å². The first kappa shape index (κ1) is 15.6. The normalized spacial score (nSPS) is 10.1. The first-order valence-corrected chi connectivity index (χ1v) is 7.25. The lowest BCUT2D eigenvalue weighted by molar-refractivity contribution is -0.124. The van der Waals surface area contributed by atoms with Crippen molar-refractivity contribution in [2.75, 3.05) is 18.8 Å². The number of thioether (sulfide) groups is 1. The minimum absolute atomic E-state index is 0.0418. The maximum atomic E-state index is 11.6. The van der Waals surface area contributed by atoms with Crippen LogP contribution in [0.3, 0.4) is 0 Å². The Balaban J connectivity index is 2.36. The molecule has 19 heavy (non-hydrogen) atoms. The fourth-order valence-electron chi connectivity index (χ4n) is 1.59. The molecular formula is C14H20N2O2S. The number of aryl methyl sites for hydroxylation is 2. The number of hydrogen-bond donors (Lipinski definition) is 2. The molecule has 0 aliphatic heterocycles. The van der Waals surface area contributed by atoms with Crippen LogP contribution in [0.5, 0.6) is 0 Å². The van der Waals surface area contributed by atoms with Crippen molar-refractivity contribution in [3.8, 4) is 0 Å². The van der Waals surface area contributed by atoms with Crippen LogP contribution in [0, 0.1) is 13.8 Å². The van der Waals surface area contributed by atoms with Gasteiger partial charge in [0, 0.05) is 11.4 Å². The summed E-state index contributed by atoms with van der Waals surface area (Å²) >= 11 is 1.49. The smallest absolute Gasteiger partial charge is 0.239 e. The highest BCUT2D eigenvalue weighted by atomic mass is 32.2. The average molecular weight is 280 g/mol. The Kier molecular flexibility index (Phi) is 6.42. The highest BCUT2D eigenvalue weighted by Crippen LogP contribution is 2.22. The Bertz CT molecular complexity index is 461. The third kappa shape index (κ3) is 5.79. The van der Waals surface area contributed by atoms with Gasteiger partial charge in [0.2, 0.25) is 11.8 Å². The standard InChI is InChI=1S/C14H20N2O2S/c1-4-15-13(17)8-16-14(18)9-19-12-6-5-10(2)7-11(12)3/h5-7H,4,8-9H2,1-3H3,(H,15,17)(H,16,18). The SMILES string of the molecule is CCNC(=O)CNC(=O)CSc1ccc(C)cc1C. The second-order valence-corrected chi connectivity index (χ2v) is 5.31. The number of hydrogen-bond acceptors (Lipinski definition) is 3. The molecule has 1 aromatic carbocycles. The zero-order valence-corrected chi connectivity index (χ0v) is 12.4. The van der Waals surface area contributed by atoms with Crippen LogP contribution >= 0.6 is 11.8 Å². The molecule has 1 aromatic rings. The molecule has 0 saturated carbocycles. The van der Waals surface area contributed by atoms with Crippen LogP contribution in [0.25, 0.3) is 0 Å². The highest BCUT2D eigenvalue weighted by Gasteiger charge is 2.06. The summed E-state index contributed by atoms with van der Waals surface area (Å²) in [7, 11) is 0. The third-order valence-corrected chi connectivity index (χ3v) is 3.68. The van der Waals surface area contributed by atoms with Gasteiger partial charge in [-0.1, -0.05) is 17.7 Å². The Hall–Kier alpha value is -1.49. The van der Waals surface area contributed by atoms with Crippen molar-refractivity contribution in [1.82, 2.24) is 10.6 Å². The number of carbonyl (C=O) groups excluding carboxylic acids is 2. The molecule has 2 amide bonds. The Morgan fingerprint density at radius 2 is 1.89 bits per heavy atom. The number of rotatable bonds is 6. The number of amides is 2. The van der Waals surface area contributed by atoms with Crippen molar-refractivity contribution in [3.05, 3.63) is 29.3 Å². The van der Waals surface area contributed by atoms with Gasteiger partial charge in [-0.2, -0.15) is 0 Å². The minimum atomic E-state index is -0.160. The van der Waals surface area contributed by atoms with Gasteiger partial charge in [0.25, 0.3) is 0 Å². The summed E-state index contributed by atoms with van der Waals surface area (Å²) in [6.45, 7) is 6.53. The number of carbonyl (C=O) groups is 2. The third-order valence-electron chi connectivity index (χ3n) is 2.51. The number of benzene rings is 1. The van der Waals surface area contributed by atoms with Crippen molar-refractivity contribution < 1.29 is 9.59 Å². The molecule has 0 spiro atoms. The van der Waals surface area contributed by atoms with E-state index in [0.29, 0.717) is 12.3 Å². The van der Waals surface area contributed by atoms with Crippen LogP contribution in [0.2, 0.25) is 0 Å². The lowest BCUT2D eigenvalue weighted by Gasteiger charge is -2.07. The molecule has 0 atom stereocenters. The van der Waals surface area contributed by atoms with Crippen molar-refractivity contribution in [2.45, 2.75) is 25.7 Å². The molecular weight excluding hydrogens is 260 g/mol. The fourth-order valence-corrected chi connectivity index (χ4v) is 2.43. The first-order chi connectivity index (χ1) is 9.02. The van der Waals surface area contributed by atoms with Crippen LogP contribution in [0.15, 0.2) is 23.1 Å². The molecule has 4 nitrogen and oxygen atoms in total. The number of nitrogens with one attached hydrogen (secondary N) is 2. The molecule has 0 saturated heterocycles. The van der Waals surface area contributed by atoms with E-state index < -0.39 is 0 Å². The van der Waals surface area contributed by atoms with Crippen molar-refractivity contribution in [1.29, 1.82) is 0 Å². The van der Waals surface area contributed by atoms with E-state index in [0.717, 1.165) is 4.90 Å². The molecule has 0 bridgehead atoms. The molecule has 0 heterocycles. The summed E-state index contributed by atoms with van der Waals surface area (Å²) in [5, 5.41) is 5.23. The predicted octanol–water partition coefficient (Wildman–Crippen LogP) is 1.65. The van der Waals surface area contributed by atoms with Gasteiger partial charge in [0.1, 0.15) is 0 Å². The summed E-state index contributed by atoms with van der Waals surface area (Å²) in [6, 6.07) is 6.14. The molecule has 104 valence electrons. The second-order valence-electron chi connectivity index (χ2n) is 4.29. The lowest BCUT2D eigenvalue weighted by Crippen LogP contribution is -2.37. The van der Waals surface area contributed by atoms with E-state index in [4.69, 9.17) is 0 Å². The van der Waals surface area contributed by atoms with Crippen LogP contribution in [-0.2, 0) is 9.59 Å². The van der Waals surface area contributed by atoms with E-state index in [1.54, 1.807) is 0 Å². The van der Waals surface area contributed by atoms with Gasteiger partial charge in [-0.05, 0) is 32.4 Å². The summed E-state index contributed by atoms with van der Waals surface area (Å²) in [6.07, 6.45) is 0. The van der Waals surface area contributed by atoms with Gasteiger partial charge in [-0.15, -0.1) is 11.8 Å². The maximum Gasteiger partial charge on any atom is 0.239 e. The van der Waals surface area contributed by atoms with Crippen molar-refractivity contribution in [2.24, 2.45) is 0 Å². The highest BCUT2D eigenvalue weighted by molar-refractivity contribution is 8.00. The van der Waals surface area contributed by atoms with Crippen LogP contribution in [-0.4, -0.2) is 30.7 Å². The van der Waals surface area contributed by atoms with Gasteiger partial charge in [-0.25, -0.2) is 0 Å². The lowest BCUT2D eigenvalue weighted by atomic mass is 10.2. The zero-order valence-electron chi connectivity index (χ0n) is 11.6. The first-order valence-electron chi connectivity index (χ1n) is 6.26. The van der Waals surface area contributed by atoms with E-state index in [-0.39, 0.29) is 18.4 Å². The van der Waals surface area contributed by atoms with E-state index >= 15 is 0 Å². The van der Waals surface area contributed by atoms with Gasteiger partial charge in [0.15, 0.2) is 0 Å². The summed E-state index contributed by atoms with van der Waals surface area (Å²) in [5.74, 6) is 0.0344. The van der Waals surface area contributed by atoms with Crippen molar-refractivity contribution in [3.63, 3.8) is 0 Å². The molecule has 2 N–H and O–H groups in total. The summed E-state index contributed by atoms with van der Waals surface area (Å²) < 4.78 is 0. The predicted molar refractivity (Wildman–Crippen MR) is 78.3 cm³/mol. The van der Waals surface area contributed by atoms with E-state index in [1.165, 1.54) is 22.9 Å². The van der Waals surface area contributed by atoms with Gasteiger partial charge in [-0.3, -0.25) is 9.59 Å². The molecule has 0 aliphatic carbocycles. The van der Waals surface area contributed by atoms with Crippen LogP contribution in [0.1, 0.15) is 18.1 Å². The zero-order chi connectivity index (χ0) is 14.3. The molecule has 5 heteroatoms. The molecule has 0 aliphatic rings. The average Bonchev–Trinajstić information content (AvgIpc) is 2.35. The number of likely N-dealkylation sites (N-methyl/N-ethyl adjacent to an activating group) is 1. The quantitative estimate of drug-likeness (QED) is 0.779. The molecule has 0 radical (unpaired) electrons. The minimum Gasteiger partial charge on any atom is -0.355 e.